The maximum atomic E-state index is 5.27. The minimum atomic E-state index is 0.638. The number of nitrogens with zero attached hydrogens (tertiary/aromatic N) is 5. The van der Waals surface area contributed by atoms with Crippen molar-refractivity contribution in [3.05, 3.63) is 224 Å². The summed E-state index contributed by atoms with van der Waals surface area (Å²) in [5.41, 5.74) is 15.3. The van der Waals surface area contributed by atoms with E-state index in [4.69, 9.17) is 9.97 Å². The molecule has 0 fully saturated rings. The standard InChI is InChI=1S/C58H37N5/c1-4-17-38(18-5-1)41-23-16-24-42(35-41)61-51-29-14-11-26-45(51)56-54(61)33-34-55-57(56)46-27-12-15-30-52(46)62(55)43-31-32-53-47(36-43)44-25-10-13-28-50(44)63(53)58-59-48(39-19-6-2-7-20-39)37-49(60-58)40-21-8-3-9-22-40/h1-37H. The lowest BCUT2D eigenvalue weighted by atomic mass is 10.0. The Labute approximate surface area is 363 Å². The SMILES string of the molecule is c1ccc(-c2cccc(-n3c4ccccc4c4c5c6ccccc6n(-c6ccc7c(c6)c6ccccc6n7-c6nc(-c7ccccc7)cc(-c7ccccc7)n6)c5ccc43)c2)cc1. The van der Waals surface area contributed by atoms with Crippen LogP contribution in [0.1, 0.15) is 0 Å². The molecule has 0 N–H and O–H groups in total. The number of fused-ring (bicyclic) bond motifs is 10. The van der Waals surface area contributed by atoms with Crippen molar-refractivity contribution in [1.82, 2.24) is 23.7 Å². The molecule has 294 valence electrons. The first-order valence-electron chi connectivity index (χ1n) is 21.4. The van der Waals surface area contributed by atoms with E-state index >= 15 is 0 Å². The lowest BCUT2D eigenvalue weighted by molar-refractivity contribution is 0.995. The van der Waals surface area contributed by atoms with Crippen LogP contribution < -0.4 is 0 Å². The molecule has 0 saturated carbocycles. The quantitative estimate of drug-likeness (QED) is 0.168. The zero-order valence-electron chi connectivity index (χ0n) is 34.1. The monoisotopic (exact) mass is 803 g/mol. The van der Waals surface area contributed by atoms with Gasteiger partial charge in [0.25, 0.3) is 0 Å². The molecule has 0 bridgehead atoms. The van der Waals surface area contributed by atoms with Crippen molar-refractivity contribution < 1.29 is 0 Å². The molecule has 0 aliphatic heterocycles. The summed E-state index contributed by atoms with van der Waals surface area (Å²) in [5.74, 6) is 0.638. The first-order chi connectivity index (χ1) is 31.3. The highest BCUT2D eigenvalue weighted by Crippen LogP contribution is 2.43. The van der Waals surface area contributed by atoms with Gasteiger partial charge in [0.15, 0.2) is 0 Å². The van der Waals surface area contributed by atoms with Crippen LogP contribution >= 0.6 is 0 Å². The second-order valence-electron chi connectivity index (χ2n) is 16.2. The first-order valence-corrected chi connectivity index (χ1v) is 21.4. The van der Waals surface area contributed by atoms with E-state index in [-0.39, 0.29) is 0 Å². The Balaban J connectivity index is 1.04. The molecule has 0 aliphatic carbocycles. The molecule has 4 heterocycles. The summed E-state index contributed by atoms with van der Waals surface area (Å²) < 4.78 is 7.10. The van der Waals surface area contributed by atoms with Crippen molar-refractivity contribution >= 4 is 65.4 Å². The van der Waals surface area contributed by atoms with E-state index < -0.39 is 0 Å². The van der Waals surface area contributed by atoms with Crippen LogP contribution in [-0.4, -0.2) is 23.7 Å². The molecule has 4 aromatic heterocycles. The molecule has 13 aromatic rings. The van der Waals surface area contributed by atoms with Crippen LogP contribution in [0.3, 0.4) is 0 Å². The minimum Gasteiger partial charge on any atom is -0.309 e. The molecule has 0 aliphatic rings. The van der Waals surface area contributed by atoms with Crippen molar-refractivity contribution in [3.8, 4) is 51.0 Å². The van der Waals surface area contributed by atoms with Crippen molar-refractivity contribution in [2.45, 2.75) is 0 Å². The third-order valence-electron chi connectivity index (χ3n) is 12.7. The fourth-order valence-corrected chi connectivity index (χ4v) is 9.89. The third-order valence-corrected chi connectivity index (χ3v) is 12.7. The van der Waals surface area contributed by atoms with Gasteiger partial charge in [0.05, 0.1) is 44.5 Å². The molecule has 5 heteroatoms. The van der Waals surface area contributed by atoms with Gasteiger partial charge in [-0.25, -0.2) is 9.97 Å². The summed E-state index contributed by atoms with van der Waals surface area (Å²) in [6, 6.07) is 80.2. The van der Waals surface area contributed by atoms with Crippen molar-refractivity contribution in [2.75, 3.05) is 0 Å². The van der Waals surface area contributed by atoms with E-state index in [1.165, 1.54) is 49.2 Å². The average molecular weight is 804 g/mol. The summed E-state index contributed by atoms with van der Waals surface area (Å²) in [6.07, 6.45) is 0. The van der Waals surface area contributed by atoms with Gasteiger partial charge in [-0.15, -0.1) is 0 Å². The van der Waals surface area contributed by atoms with E-state index in [1.807, 2.05) is 12.1 Å². The van der Waals surface area contributed by atoms with E-state index in [1.54, 1.807) is 0 Å². The molecule has 0 saturated heterocycles. The lowest BCUT2D eigenvalue weighted by Crippen LogP contribution is -2.04. The van der Waals surface area contributed by atoms with Gasteiger partial charge in [-0.2, -0.15) is 0 Å². The normalized spacial score (nSPS) is 11.8. The van der Waals surface area contributed by atoms with Crippen LogP contribution in [-0.2, 0) is 0 Å². The number of aromatic nitrogens is 5. The maximum absolute atomic E-state index is 5.27. The Morgan fingerprint density at radius 2 is 0.683 bits per heavy atom. The predicted molar refractivity (Wildman–Crippen MR) is 261 cm³/mol. The van der Waals surface area contributed by atoms with Gasteiger partial charge < -0.3 is 9.13 Å². The van der Waals surface area contributed by atoms with Crippen molar-refractivity contribution in [2.24, 2.45) is 0 Å². The van der Waals surface area contributed by atoms with Crippen molar-refractivity contribution in [1.29, 1.82) is 0 Å². The Kier molecular flexibility index (Phi) is 7.84. The highest BCUT2D eigenvalue weighted by atomic mass is 15.2. The van der Waals surface area contributed by atoms with E-state index in [9.17, 15) is 0 Å². The molecule has 0 atom stereocenters. The third kappa shape index (κ3) is 5.50. The Morgan fingerprint density at radius 3 is 1.25 bits per heavy atom. The van der Waals surface area contributed by atoms with Gasteiger partial charge >= 0.3 is 0 Å². The van der Waals surface area contributed by atoms with Crippen LogP contribution in [0.25, 0.3) is 116 Å². The summed E-state index contributed by atoms with van der Waals surface area (Å²) in [5, 5.41) is 7.25. The fourth-order valence-electron chi connectivity index (χ4n) is 9.89. The largest absolute Gasteiger partial charge is 0.309 e. The molecule has 13 rings (SSSR count). The first kappa shape index (κ1) is 35.2. The molecule has 0 amide bonds. The summed E-state index contributed by atoms with van der Waals surface area (Å²) in [7, 11) is 0. The van der Waals surface area contributed by atoms with E-state index in [0.29, 0.717) is 5.95 Å². The number of hydrogen-bond donors (Lipinski definition) is 0. The molecular weight excluding hydrogens is 767 g/mol. The van der Waals surface area contributed by atoms with Crippen LogP contribution in [0.2, 0.25) is 0 Å². The lowest BCUT2D eigenvalue weighted by Gasteiger charge is -2.12. The number of benzene rings is 9. The van der Waals surface area contributed by atoms with Gasteiger partial charge in [-0.1, -0.05) is 158 Å². The van der Waals surface area contributed by atoms with Gasteiger partial charge in [-0.3, -0.25) is 4.57 Å². The highest BCUT2D eigenvalue weighted by molar-refractivity contribution is 6.29. The van der Waals surface area contributed by atoms with Crippen LogP contribution in [0.4, 0.5) is 0 Å². The fraction of sp³-hybridized carbons (Fsp3) is 0. The summed E-state index contributed by atoms with van der Waals surface area (Å²) in [4.78, 5) is 10.5. The van der Waals surface area contributed by atoms with Crippen LogP contribution in [0.15, 0.2) is 224 Å². The highest BCUT2D eigenvalue weighted by Gasteiger charge is 2.22. The van der Waals surface area contributed by atoms with Crippen LogP contribution in [0.5, 0.6) is 0 Å². The van der Waals surface area contributed by atoms with E-state index in [0.717, 1.165) is 61.2 Å². The van der Waals surface area contributed by atoms with Gasteiger partial charge in [0.1, 0.15) is 0 Å². The van der Waals surface area contributed by atoms with Gasteiger partial charge in [-0.05, 0) is 77.9 Å². The smallest absolute Gasteiger partial charge is 0.235 e. The topological polar surface area (TPSA) is 40.6 Å². The average Bonchev–Trinajstić information content (AvgIpc) is 4.00. The Morgan fingerprint density at radius 1 is 0.254 bits per heavy atom. The van der Waals surface area contributed by atoms with Crippen LogP contribution in [0, 0.1) is 0 Å². The zero-order chi connectivity index (χ0) is 41.4. The Hall–Kier alpha value is -8.54. The molecule has 9 aromatic carbocycles. The predicted octanol–water partition coefficient (Wildman–Crippen LogP) is 14.8. The molecular formula is C58H37N5. The molecule has 63 heavy (non-hydrogen) atoms. The van der Waals surface area contributed by atoms with Gasteiger partial charge in [0, 0.05) is 54.8 Å². The van der Waals surface area contributed by atoms with Crippen molar-refractivity contribution in [3.63, 3.8) is 0 Å². The second kappa shape index (κ2) is 14.0. The number of para-hydroxylation sites is 3. The minimum absolute atomic E-state index is 0.638. The van der Waals surface area contributed by atoms with Gasteiger partial charge in [0.2, 0.25) is 5.95 Å². The zero-order valence-corrected chi connectivity index (χ0v) is 34.1. The molecule has 0 unspecified atom stereocenters. The Bertz CT molecular complexity index is 3840. The summed E-state index contributed by atoms with van der Waals surface area (Å²) >= 11 is 0. The van der Waals surface area contributed by atoms with E-state index in [2.05, 4.69) is 226 Å². The second-order valence-corrected chi connectivity index (χ2v) is 16.2. The maximum Gasteiger partial charge on any atom is 0.235 e. The molecule has 0 spiro atoms. The summed E-state index contributed by atoms with van der Waals surface area (Å²) in [6.45, 7) is 0. The molecule has 5 nitrogen and oxygen atoms in total. The molecule has 0 radical (unpaired) electrons. The number of hydrogen-bond acceptors (Lipinski definition) is 2. The number of rotatable bonds is 6.